The van der Waals surface area contributed by atoms with E-state index in [9.17, 15) is 17.1 Å². The van der Waals surface area contributed by atoms with Gasteiger partial charge in [-0.1, -0.05) is 0 Å². The molecule has 0 aliphatic rings. The molecule has 0 aromatic carbocycles. The highest BCUT2D eigenvalue weighted by Crippen LogP contribution is 2.23. The minimum atomic E-state index is -4.84. The van der Waals surface area contributed by atoms with Gasteiger partial charge in [-0.25, -0.2) is 0 Å². The van der Waals surface area contributed by atoms with Crippen molar-refractivity contribution in [1.29, 1.82) is 0 Å². The second-order valence-corrected chi connectivity index (χ2v) is 4.51. The van der Waals surface area contributed by atoms with Crippen LogP contribution in [0.15, 0.2) is 15.6 Å². The van der Waals surface area contributed by atoms with Crippen molar-refractivity contribution in [1.82, 2.24) is 4.90 Å². The van der Waals surface area contributed by atoms with Gasteiger partial charge in [-0.15, -0.1) is 3.89 Å². The van der Waals surface area contributed by atoms with E-state index in [1.807, 2.05) is 0 Å². The van der Waals surface area contributed by atoms with Crippen LogP contribution in [0.2, 0.25) is 0 Å². The molecule has 15 heavy (non-hydrogen) atoms. The molecule has 0 unspecified atom stereocenters. The van der Waals surface area contributed by atoms with Gasteiger partial charge in [0.25, 0.3) is 5.91 Å². The first-order valence-corrected chi connectivity index (χ1v) is 5.38. The summed E-state index contributed by atoms with van der Waals surface area (Å²) in [5.41, 5.74) is -0.0174. The van der Waals surface area contributed by atoms with Crippen molar-refractivity contribution in [3.05, 3.63) is 17.6 Å². The Morgan fingerprint density at radius 1 is 1.47 bits per heavy atom. The van der Waals surface area contributed by atoms with Gasteiger partial charge in [0.05, 0.1) is 0 Å². The molecule has 1 heterocycles. The third-order valence-electron chi connectivity index (χ3n) is 1.86. The van der Waals surface area contributed by atoms with Crippen molar-refractivity contribution in [2.24, 2.45) is 0 Å². The van der Waals surface area contributed by atoms with Gasteiger partial charge in [0.2, 0.25) is 0 Å². The van der Waals surface area contributed by atoms with E-state index in [2.05, 4.69) is 0 Å². The summed E-state index contributed by atoms with van der Waals surface area (Å²) in [6, 6.07) is 0. The lowest BCUT2D eigenvalue weighted by atomic mass is 10.2. The predicted molar refractivity (Wildman–Crippen MR) is 49.8 cm³/mol. The lowest BCUT2D eigenvalue weighted by molar-refractivity contribution is 0.0795. The Bertz CT molecular complexity index is 489. The van der Waals surface area contributed by atoms with Gasteiger partial charge >= 0.3 is 10.2 Å². The summed E-state index contributed by atoms with van der Waals surface area (Å²) in [4.78, 5) is 12.0. The topological polar surface area (TPSA) is 67.6 Å². The standard InChI is InChI=1S/C8H10FNO4S/c1-5-6(15(9,12)13)4-14-7(5)8(11)10(2)3/h4H,1-3H3. The summed E-state index contributed by atoms with van der Waals surface area (Å²) in [6.07, 6.45) is 0.724. The monoisotopic (exact) mass is 235 g/mol. The summed E-state index contributed by atoms with van der Waals surface area (Å²) in [6.45, 7) is 1.31. The van der Waals surface area contributed by atoms with Crippen LogP contribution in [0.3, 0.4) is 0 Å². The molecule has 0 saturated heterocycles. The van der Waals surface area contributed by atoms with E-state index >= 15 is 0 Å². The Morgan fingerprint density at radius 3 is 2.33 bits per heavy atom. The van der Waals surface area contributed by atoms with E-state index in [-0.39, 0.29) is 11.3 Å². The maximum absolute atomic E-state index is 12.6. The lowest BCUT2D eigenvalue weighted by Crippen LogP contribution is -2.21. The van der Waals surface area contributed by atoms with Crippen LogP contribution in [-0.2, 0) is 10.2 Å². The quantitative estimate of drug-likeness (QED) is 0.716. The van der Waals surface area contributed by atoms with Gasteiger partial charge in [-0.2, -0.15) is 8.42 Å². The van der Waals surface area contributed by atoms with E-state index in [1.165, 1.54) is 25.9 Å². The number of amides is 1. The van der Waals surface area contributed by atoms with Gasteiger partial charge in [0.15, 0.2) is 5.76 Å². The highest BCUT2D eigenvalue weighted by molar-refractivity contribution is 7.86. The molecule has 1 rings (SSSR count). The van der Waals surface area contributed by atoms with Crippen molar-refractivity contribution < 1.29 is 21.5 Å². The Balaban J connectivity index is 3.28. The molecule has 1 aromatic heterocycles. The highest BCUT2D eigenvalue weighted by Gasteiger charge is 2.25. The highest BCUT2D eigenvalue weighted by atomic mass is 32.3. The first-order valence-electron chi connectivity index (χ1n) is 3.99. The number of nitrogens with zero attached hydrogens (tertiary/aromatic N) is 1. The van der Waals surface area contributed by atoms with Crippen molar-refractivity contribution in [3.8, 4) is 0 Å². The fourth-order valence-electron chi connectivity index (χ4n) is 1.06. The normalized spacial score (nSPS) is 11.5. The molecule has 0 radical (unpaired) electrons. The van der Waals surface area contributed by atoms with Crippen molar-refractivity contribution in [2.75, 3.05) is 14.1 Å². The summed E-state index contributed by atoms with van der Waals surface area (Å²) in [5, 5.41) is 0. The van der Waals surface area contributed by atoms with E-state index in [0.717, 1.165) is 6.26 Å². The van der Waals surface area contributed by atoms with Crippen LogP contribution >= 0.6 is 0 Å². The number of halogens is 1. The zero-order valence-corrected chi connectivity index (χ0v) is 9.26. The molecule has 5 nitrogen and oxygen atoms in total. The largest absolute Gasteiger partial charge is 0.457 e. The van der Waals surface area contributed by atoms with E-state index in [4.69, 9.17) is 4.42 Å². The fraction of sp³-hybridized carbons (Fsp3) is 0.375. The lowest BCUT2D eigenvalue weighted by Gasteiger charge is -2.07. The first kappa shape index (κ1) is 11.7. The number of carbonyl (C=O) groups is 1. The van der Waals surface area contributed by atoms with Gasteiger partial charge < -0.3 is 9.32 Å². The summed E-state index contributed by atoms with van der Waals surface area (Å²) in [7, 11) is -1.88. The molecule has 0 N–H and O–H groups in total. The van der Waals surface area contributed by atoms with Gasteiger partial charge in [-0.05, 0) is 6.92 Å². The number of rotatable bonds is 2. The molecule has 84 valence electrons. The summed E-state index contributed by atoms with van der Waals surface area (Å²) < 4.78 is 38.6. The Hall–Kier alpha value is -1.37. The molecule has 0 bridgehead atoms. The van der Waals surface area contributed by atoms with Crippen LogP contribution in [0.25, 0.3) is 0 Å². The number of hydrogen-bond donors (Lipinski definition) is 0. The van der Waals surface area contributed by atoms with Crippen LogP contribution in [0.4, 0.5) is 3.89 Å². The Labute approximate surface area is 86.7 Å². The average Bonchev–Trinajstić information content (AvgIpc) is 2.44. The number of hydrogen-bond acceptors (Lipinski definition) is 4. The van der Waals surface area contributed by atoms with Crippen molar-refractivity contribution in [3.63, 3.8) is 0 Å². The zero-order valence-electron chi connectivity index (χ0n) is 8.44. The predicted octanol–water partition coefficient (Wildman–Crippen LogP) is 0.948. The van der Waals surface area contributed by atoms with Crippen LogP contribution < -0.4 is 0 Å². The Kier molecular flexibility index (Phi) is 2.85. The minimum Gasteiger partial charge on any atom is -0.457 e. The van der Waals surface area contributed by atoms with Crippen molar-refractivity contribution >= 4 is 16.1 Å². The van der Waals surface area contributed by atoms with E-state index in [0.29, 0.717) is 0 Å². The molecule has 1 aromatic rings. The van der Waals surface area contributed by atoms with Crippen molar-refractivity contribution in [2.45, 2.75) is 11.8 Å². The smallest absolute Gasteiger partial charge is 0.335 e. The third kappa shape index (κ3) is 2.17. The number of carbonyl (C=O) groups excluding carboxylic acids is 1. The molecular weight excluding hydrogens is 225 g/mol. The van der Waals surface area contributed by atoms with Gasteiger partial charge in [-0.3, -0.25) is 4.79 Å². The van der Waals surface area contributed by atoms with E-state index in [1.54, 1.807) is 0 Å². The third-order valence-corrected chi connectivity index (χ3v) is 2.78. The SMILES string of the molecule is Cc1c(S(=O)(=O)F)coc1C(=O)N(C)C. The van der Waals surface area contributed by atoms with Gasteiger partial charge in [0, 0.05) is 19.7 Å². The summed E-state index contributed by atoms with van der Waals surface area (Å²) >= 11 is 0. The molecule has 0 saturated carbocycles. The summed E-state index contributed by atoms with van der Waals surface area (Å²) in [5.74, 6) is -0.682. The molecule has 0 aliphatic heterocycles. The molecule has 0 fully saturated rings. The minimum absolute atomic E-state index is 0.0174. The maximum atomic E-state index is 12.6. The van der Waals surface area contributed by atoms with E-state index < -0.39 is 21.0 Å². The molecule has 7 heteroatoms. The fourth-order valence-corrected chi connectivity index (χ4v) is 1.68. The molecule has 1 amide bonds. The molecule has 0 spiro atoms. The van der Waals surface area contributed by atoms with Crippen LogP contribution in [-0.4, -0.2) is 33.3 Å². The molecule has 0 atom stereocenters. The second kappa shape index (κ2) is 3.65. The zero-order chi connectivity index (χ0) is 11.8. The second-order valence-electron chi connectivity index (χ2n) is 3.19. The molecule has 0 aliphatic carbocycles. The average molecular weight is 235 g/mol. The van der Waals surface area contributed by atoms with Crippen LogP contribution in [0, 0.1) is 6.92 Å². The first-order chi connectivity index (χ1) is 6.75. The molecular formula is C8H10FNO4S. The van der Waals surface area contributed by atoms with Gasteiger partial charge in [0.1, 0.15) is 11.2 Å². The van der Waals surface area contributed by atoms with Crippen LogP contribution in [0.5, 0.6) is 0 Å². The van der Waals surface area contributed by atoms with Crippen LogP contribution in [0.1, 0.15) is 16.1 Å². The number of furan rings is 1. The maximum Gasteiger partial charge on any atom is 0.335 e. The Morgan fingerprint density at radius 2 is 2.00 bits per heavy atom.